The maximum atomic E-state index is 12.4. The minimum atomic E-state index is -0.139. The summed E-state index contributed by atoms with van der Waals surface area (Å²) in [6, 6.07) is 6.03. The number of nitrogens with zero attached hydrogens (tertiary/aromatic N) is 2. The van der Waals surface area contributed by atoms with Crippen LogP contribution in [0.3, 0.4) is 0 Å². The molecule has 0 atom stereocenters. The van der Waals surface area contributed by atoms with Gasteiger partial charge < -0.3 is 9.88 Å². The van der Waals surface area contributed by atoms with Gasteiger partial charge >= 0.3 is 0 Å². The summed E-state index contributed by atoms with van der Waals surface area (Å²) in [7, 11) is 0. The number of halogens is 1. The molecule has 1 saturated carbocycles. The SMILES string of the molecule is Cc1ccnc(Cl)c1NC(=O)c1cccn1C1CCC1. The highest BCUT2D eigenvalue weighted by Gasteiger charge is 2.23. The number of hydrogen-bond donors (Lipinski definition) is 1. The third-order valence-electron chi connectivity index (χ3n) is 3.83. The van der Waals surface area contributed by atoms with E-state index in [-0.39, 0.29) is 5.91 Å². The molecule has 0 aromatic carbocycles. The molecule has 4 nitrogen and oxygen atoms in total. The first-order chi connectivity index (χ1) is 9.66. The molecule has 1 N–H and O–H groups in total. The lowest BCUT2D eigenvalue weighted by Crippen LogP contribution is -2.23. The topological polar surface area (TPSA) is 46.9 Å². The van der Waals surface area contributed by atoms with Gasteiger partial charge in [0.05, 0.1) is 5.69 Å². The summed E-state index contributed by atoms with van der Waals surface area (Å²) in [5.74, 6) is -0.139. The number of nitrogens with one attached hydrogen (secondary N) is 1. The largest absolute Gasteiger partial charge is 0.340 e. The number of aryl methyl sites for hydroxylation is 1. The van der Waals surface area contributed by atoms with Gasteiger partial charge in [-0.2, -0.15) is 0 Å². The van der Waals surface area contributed by atoms with Gasteiger partial charge in [0.15, 0.2) is 5.15 Å². The summed E-state index contributed by atoms with van der Waals surface area (Å²) >= 11 is 6.04. The molecule has 0 aliphatic heterocycles. The Morgan fingerprint density at radius 3 is 2.90 bits per heavy atom. The Balaban J connectivity index is 1.85. The second kappa shape index (κ2) is 5.29. The van der Waals surface area contributed by atoms with E-state index in [0.29, 0.717) is 22.6 Å². The lowest BCUT2D eigenvalue weighted by molar-refractivity contribution is 0.101. The standard InChI is InChI=1S/C15H16ClN3O/c1-10-7-8-17-14(16)13(10)18-15(20)12-6-3-9-19(12)11-4-2-5-11/h3,6-9,11H,2,4-5H2,1H3,(H,18,20). The van der Waals surface area contributed by atoms with Crippen molar-refractivity contribution in [2.75, 3.05) is 5.32 Å². The fourth-order valence-corrected chi connectivity index (χ4v) is 2.67. The number of pyridine rings is 1. The predicted octanol–water partition coefficient (Wildman–Crippen LogP) is 3.82. The molecule has 2 aromatic heterocycles. The van der Waals surface area contributed by atoms with Crippen molar-refractivity contribution in [3.63, 3.8) is 0 Å². The highest BCUT2D eigenvalue weighted by molar-refractivity contribution is 6.32. The zero-order valence-corrected chi connectivity index (χ0v) is 12.0. The quantitative estimate of drug-likeness (QED) is 0.873. The fraction of sp³-hybridized carbons (Fsp3) is 0.333. The van der Waals surface area contributed by atoms with Crippen molar-refractivity contribution < 1.29 is 4.79 Å². The van der Waals surface area contributed by atoms with Crippen molar-refractivity contribution in [3.8, 4) is 0 Å². The van der Waals surface area contributed by atoms with Crippen molar-refractivity contribution in [2.45, 2.75) is 32.2 Å². The molecule has 20 heavy (non-hydrogen) atoms. The van der Waals surface area contributed by atoms with Gasteiger partial charge in [-0.05, 0) is 49.9 Å². The van der Waals surface area contributed by atoms with Gasteiger partial charge in [-0.25, -0.2) is 4.98 Å². The Kier molecular flexibility index (Phi) is 3.49. The number of hydrogen-bond acceptors (Lipinski definition) is 2. The van der Waals surface area contributed by atoms with E-state index in [0.717, 1.165) is 18.4 Å². The molecule has 2 heterocycles. The van der Waals surface area contributed by atoms with Gasteiger partial charge in [0, 0.05) is 18.4 Å². The third kappa shape index (κ3) is 2.31. The second-order valence-electron chi connectivity index (χ2n) is 5.13. The van der Waals surface area contributed by atoms with Crippen molar-refractivity contribution in [3.05, 3.63) is 47.0 Å². The van der Waals surface area contributed by atoms with Crippen molar-refractivity contribution in [2.24, 2.45) is 0 Å². The minimum absolute atomic E-state index is 0.139. The highest BCUT2D eigenvalue weighted by atomic mass is 35.5. The van der Waals surface area contributed by atoms with Crippen LogP contribution in [0.5, 0.6) is 0 Å². The highest BCUT2D eigenvalue weighted by Crippen LogP contribution is 2.33. The van der Waals surface area contributed by atoms with E-state index in [1.807, 2.05) is 31.3 Å². The van der Waals surface area contributed by atoms with Crippen LogP contribution < -0.4 is 5.32 Å². The number of anilines is 1. The molecule has 0 saturated heterocycles. The Morgan fingerprint density at radius 2 is 2.25 bits per heavy atom. The van der Waals surface area contributed by atoms with Crippen molar-refractivity contribution >= 4 is 23.2 Å². The summed E-state index contributed by atoms with van der Waals surface area (Å²) < 4.78 is 2.05. The summed E-state index contributed by atoms with van der Waals surface area (Å²) in [5.41, 5.74) is 2.16. The van der Waals surface area contributed by atoms with E-state index in [9.17, 15) is 4.79 Å². The molecule has 0 spiro atoms. The number of carbonyl (C=O) groups excluding carboxylic acids is 1. The molecule has 0 bridgehead atoms. The van der Waals surface area contributed by atoms with Gasteiger partial charge in [-0.3, -0.25) is 4.79 Å². The van der Waals surface area contributed by atoms with Crippen LogP contribution in [0, 0.1) is 6.92 Å². The van der Waals surface area contributed by atoms with Crippen LogP contribution >= 0.6 is 11.6 Å². The Hall–Kier alpha value is -1.81. The van der Waals surface area contributed by atoms with E-state index < -0.39 is 0 Å². The lowest BCUT2D eigenvalue weighted by Gasteiger charge is -2.28. The van der Waals surface area contributed by atoms with Gasteiger partial charge in [0.1, 0.15) is 5.69 Å². The number of aromatic nitrogens is 2. The zero-order chi connectivity index (χ0) is 14.1. The molecular weight excluding hydrogens is 274 g/mol. The van der Waals surface area contributed by atoms with Crippen LogP contribution in [-0.2, 0) is 0 Å². The van der Waals surface area contributed by atoms with Crippen LogP contribution in [-0.4, -0.2) is 15.5 Å². The number of amides is 1. The number of rotatable bonds is 3. The Labute approximate surface area is 122 Å². The summed E-state index contributed by atoms with van der Waals surface area (Å²) in [6.45, 7) is 1.90. The average molecular weight is 290 g/mol. The zero-order valence-electron chi connectivity index (χ0n) is 11.3. The van der Waals surface area contributed by atoms with Crippen molar-refractivity contribution in [1.29, 1.82) is 0 Å². The van der Waals surface area contributed by atoms with E-state index in [1.165, 1.54) is 6.42 Å². The smallest absolute Gasteiger partial charge is 0.272 e. The van der Waals surface area contributed by atoms with Crippen LogP contribution in [0.2, 0.25) is 5.15 Å². The monoisotopic (exact) mass is 289 g/mol. The third-order valence-corrected chi connectivity index (χ3v) is 4.12. The molecule has 2 aromatic rings. The first-order valence-corrected chi connectivity index (χ1v) is 7.14. The molecule has 1 fully saturated rings. The molecule has 1 aliphatic carbocycles. The average Bonchev–Trinajstić information content (AvgIpc) is 2.80. The van der Waals surface area contributed by atoms with Crippen molar-refractivity contribution in [1.82, 2.24) is 9.55 Å². The second-order valence-corrected chi connectivity index (χ2v) is 5.49. The van der Waals surface area contributed by atoms with Gasteiger partial charge in [-0.15, -0.1) is 0 Å². The maximum absolute atomic E-state index is 12.4. The Bertz CT molecular complexity index is 626. The van der Waals surface area contributed by atoms with E-state index >= 15 is 0 Å². The molecule has 0 unspecified atom stereocenters. The van der Waals surface area contributed by atoms with E-state index in [4.69, 9.17) is 11.6 Å². The van der Waals surface area contributed by atoms with Crippen LogP contribution in [0.25, 0.3) is 0 Å². The lowest BCUT2D eigenvalue weighted by atomic mass is 9.93. The molecular formula is C15H16ClN3O. The molecule has 0 radical (unpaired) electrons. The molecule has 3 rings (SSSR count). The fourth-order valence-electron chi connectivity index (χ4n) is 2.42. The first kappa shape index (κ1) is 13.2. The summed E-state index contributed by atoms with van der Waals surface area (Å²) in [5, 5.41) is 3.19. The first-order valence-electron chi connectivity index (χ1n) is 6.76. The van der Waals surface area contributed by atoms with E-state index in [1.54, 1.807) is 6.20 Å². The maximum Gasteiger partial charge on any atom is 0.272 e. The molecule has 5 heteroatoms. The molecule has 104 valence electrons. The van der Waals surface area contributed by atoms with Gasteiger partial charge in [0.2, 0.25) is 0 Å². The van der Waals surface area contributed by atoms with Gasteiger partial charge in [0.25, 0.3) is 5.91 Å². The molecule has 1 amide bonds. The predicted molar refractivity (Wildman–Crippen MR) is 79.3 cm³/mol. The van der Waals surface area contributed by atoms with Crippen LogP contribution in [0.15, 0.2) is 30.6 Å². The van der Waals surface area contributed by atoms with Gasteiger partial charge in [-0.1, -0.05) is 11.6 Å². The van der Waals surface area contributed by atoms with Crippen LogP contribution in [0.4, 0.5) is 5.69 Å². The Morgan fingerprint density at radius 1 is 1.45 bits per heavy atom. The van der Waals surface area contributed by atoms with E-state index in [2.05, 4.69) is 14.9 Å². The summed E-state index contributed by atoms with van der Waals surface area (Å²) in [4.78, 5) is 16.4. The summed E-state index contributed by atoms with van der Waals surface area (Å²) in [6.07, 6.45) is 7.11. The van der Waals surface area contributed by atoms with Crippen LogP contribution in [0.1, 0.15) is 41.4 Å². The minimum Gasteiger partial charge on any atom is -0.340 e. The normalized spacial score (nSPS) is 14.9. The number of carbonyl (C=O) groups is 1. The molecule has 1 aliphatic rings.